The third-order valence-electron chi connectivity index (χ3n) is 4.38. The minimum atomic E-state index is -0.0557. The number of rotatable bonds is 2. The predicted octanol–water partition coefficient (Wildman–Crippen LogP) is 2.03. The van der Waals surface area contributed by atoms with E-state index in [9.17, 15) is 4.79 Å². The van der Waals surface area contributed by atoms with Gasteiger partial charge in [0, 0.05) is 36.4 Å². The summed E-state index contributed by atoms with van der Waals surface area (Å²) >= 11 is 1.58. The first-order valence-electron chi connectivity index (χ1n) is 8.05. The molecule has 3 heterocycles. The van der Waals surface area contributed by atoms with Gasteiger partial charge in [0.15, 0.2) is 0 Å². The van der Waals surface area contributed by atoms with E-state index in [-0.39, 0.29) is 12.0 Å². The van der Waals surface area contributed by atoms with Gasteiger partial charge in [0.1, 0.15) is 0 Å². The lowest BCUT2D eigenvalue weighted by Gasteiger charge is -2.28. The van der Waals surface area contributed by atoms with Gasteiger partial charge in [0.05, 0.1) is 30.8 Å². The van der Waals surface area contributed by atoms with Crippen molar-refractivity contribution in [3.63, 3.8) is 0 Å². The third kappa shape index (κ3) is 2.87. The summed E-state index contributed by atoms with van der Waals surface area (Å²) in [5.41, 5.74) is 1.05. The fourth-order valence-electron chi connectivity index (χ4n) is 3.20. The number of nitrogens with zero attached hydrogens (tertiary/aromatic N) is 1. The molecule has 2 aliphatic heterocycles. The summed E-state index contributed by atoms with van der Waals surface area (Å²) in [6.45, 7) is 4.86. The van der Waals surface area contributed by atoms with E-state index in [0.29, 0.717) is 32.9 Å². The molecule has 1 N–H and O–H groups in total. The van der Waals surface area contributed by atoms with Gasteiger partial charge < -0.3 is 19.7 Å². The molecule has 0 saturated carbocycles. The molecule has 0 spiro atoms. The number of ether oxygens (including phenoxy) is 2. The van der Waals surface area contributed by atoms with Gasteiger partial charge in [-0.3, -0.25) is 4.79 Å². The molecule has 2 aromatic rings. The minimum absolute atomic E-state index is 0.0557. The molecule has 2 fully saturated rings. The van der Waals surface area contributed by atoms with Crippen molar-refractivity contribution in [2.24, 2.45) is 0 Å². The van der Waals surface area contributed by atoms with Crippen LogP contribution >= 0.6 is 11.3 Å². The number of benzene rings is 1. The first-order chi connectivity index (χ1) is 11.3. The van der Waals surface area contributed by atoms with Gasteiger partial charge in [-0.2, -0.15) is 0 Å². The summed E-state index contributed by atoms with van der Waals surface area (Å²) in [6.07, 6.45) is -0.0557. The Morgan fingerprint density at radius 1 is 1.22 bits per heavy atom. The number of carbonyl (C=O) groups is 1. The van der Waals surface area contributed by atoms with Crippen molar-refractivity contribution in [3.05, 3.63) is 34.7 Å². The van der Waals surface area contributed by atoms with Crippen molar-refractivity contribution in [1.82, 2.24) is 10.2 Å². The van der Waals surface area contributed by atoms with Crippen LogP contribution in [-0.4, -0.2) is 56.8 Å². The van der Waals surface area contributed by atoms with Crippen molar-refractivity contribution in [1.29, 1.82) is 0 Å². The number of morpholine rings is 2. The first-order valence-corrected chi connectivity index (χ1v) is 8.87. The molecular weight excluding hydrogens is 312 g/mol. The summed E-state index contributed by atoms with van der Waals surface area (Å²) in [4.78, 5) is 15.8. The lowest BCUT2D eigenvalue weighted by Crippen LogP contribution is -2.41. The summed E-state index contributed by atoms with van der Waals surface area (Å²) in [5, 5.41) is 4.51. The molecule has 6 heteroatoms. The molecule has 1 atom stereocenters. The summed E-state index contributed by atoms with van der Waals surface area (Å²) in [6, 6.07) is 8.22. The Morgan fingerprint density at radius 2 is 2.04 bits per heavy atom. The van der Waals surface area contributed by atoms with Gasteiger partial charge in [-0.15, -0.1) is 11.3 Å². The highest BCUT2D eigenvalue weighted by Gasteiger charge is 2.29. The average Bonchev–Trinajstić information content (AvgIpc) is 3.02. The van der Waals surface area contributed by atoms with Crippen molar-refractivity contribution in [2.45, 2.75) is 6.10 Å². The number of hydrogen-bond acceptors (Lipinski definition) is 5. The van der Waals surface area contributed by atoms with Crippen LogP contribution in [0.3, 0.4) is 0 Å². The molecule has 0 radical (unpaired) electrons. The van der Waals surface area contributed by atoms with E-state index in [1.165, 1.54) is 0 Å². The normalized spacial score (nSPS) is 22.4. The largest absolute Gasteiger partial charge is 0.378 e. The molecule has 2 saturated heterocycles. The molecule has 122 valence electrons. The Labute approximate surface area is 139 Å². The second-order valence-electron chi connectivity index (χ2n) is 5.81. The molecule has 1 amide bonds. The Balaban J connectivity index is 1.76. The number of fused-ring (bicyclic) bond motifs is 1. The Bertz CT molecular complexity index is 703. The van der Waals surface area contributed by atoms with Gasteiger partial charge in [0.2, 0.25) is 0 Å². The number of hydrogen-bond donors (Lipinski definition) is 1. The maximum Gasteiger partial charge on any atom is 0.264 e. The van der Waals surface area contributed by atoms with Crippen molar-refractivity contribution in [3.8, 4) is 0 Å². The first kappa shape index (κ1) is 15.1. The van der Waals surface area contributed by atoms with E-state index in [1.807, 2.05) is 17.0 Å². The number of nitrogens with one attached hydrogen (secondary N) is 1. The summed E-state index contributed by atoms with van der Waals surface area (Å²) < 4.78 is 12.5. The number of carbonyl (C=O) groups excluding carboxylic acids is 1. The van der Waals surface area contributed by atoms with Crippen LogP contribution in [0.25, 0.3) is 10.1 Å². The monoisotopic (exact) mass is 332 g/mol. The fraction of sp³-hybridized carbons (Fsp3) is 0.471. The fourth-order valence-corrected chi connectivity index (χ4v) is 4.43. The smallest absolute Gasteiger partial charge is 0.264 e. The maximum atomic E-state index is 13.0. The standard InChI is InChI=1S/C17H20N2O3S/c20-17(19-6-9-21-10-7-19)16-15(13-11-18-5-8-22-13)12-3-1-2-4-14(12)23-16/h1-4,13,18H,5-11H2. The molecule has 2 aliphatic rings. The molecule has 0 bridgehead atoms. The maximum absolute atomic E-state index is 13.0. The second-order valence-corrected chi connectivity index (χ2v) is 6.86. The van der Waals surface area contributed by atoms with Gasteiger partial charge >= 0.3 is 0 Å². The molecule has 0 aliphatic carbocycles. The van der Waals surface area contributed by atoms with Gasteiger partial charge in [0.25, 0.3) is 5.91 Å². The molecule has 23 heavy (non-hydrogen) atoms. The van der Waals surface area contributed by atoms with Crippen molar-refractivity contribution in [2.75, 3.05) is 46.0 Å². The van der Waals surface area contributed by atoms with E-state index < -0.39 is 0 Å². The van der Waals surface area contributed by atoms with Crippen LogP contribution in [-0.2, 0) is 9.47 Å². The van der Waals surface area contributed by atoms with E-state index in [1.54, 1.807) is 11.3 Å². The van der Waals surface area contributed by atoms with Crippen LogP contribution < -0.4 is 5.32 Å². The second kappa shape index (κ2) is 6.57. The number of thiophene rings is 1. The van der Waals surface area contributed by atoms with E-state index in [0.717, 1.165) is 33.6 Å². The highest BCUT2D eigenvalue weighted by molar-refractivity contribution is 7.21. The highest BCUT2D eigenvalue weighted by Crippen LogP contribution is 2.38. The molecule has 5 nitrogen and oxygen atoms in total. The van der Waals surface area contributed by atoms with Gasteiger partial charge in [-0.25, -0.2) is 0 Å². The third-order valence-corrected chi connectivity index (χ3v) is 5.55. The number of amides is 1. The quantitative estimate of drug-likeness (QED) is 0.914. The predicted molar refractivity (Wildman–Crippen MR) is 90.1 cm³/mol. The lowest BCUT2D eigenvalue weighted by molar-refractivity contribution is 0.0240. The van der Waals surface area contributed by atoms with E-state index in [2.05, 4.69) is 17.4 Å². The minimum Gasteiger partial charge on any atom is -0.378 e. The van der Waals surface area contributed by atoms with Crippen LogP contribution in [0.5, 0.6) is 0 Å². The summed E-state index contributed by atoms with van der Waals surface area (Å²) in [5.74, 6) is 0.110. The molecule has 1 unspecified atom stereocenters. The Morgan fingerprint density at radius 3 is 2.83 bits per heavy atom. The van der Waals surface area contributed by atoms with Crippen LogP contribution in [0.4, 0.5) is 0 Å². The zero-order chi connectivity index (χ0) is 15.6. The highest BCUT2D eigenvalue weighted by atomic mass is 32.1. The molecule has 4 rings (SSSR count). The van der Waals surface area contributed by atoms with Gasteiger partial charge in [-0.1, -0.05) is 18.2 Å². The Hall–Kier alpha value is -1.47. The van der Waals surface area contributed by atoms with Crippen LogP contribution in [0.15, 0.2) is 24.3 Å². The topological polar surface area (TPSA) is 50.8 Å². The van der Waals surface area contributed by atoms with E-state index >= 15 is 0 Å². The zero-order valence-corrected chi connectivity index (χ0v) is 13.7. The van der Waals surface area contributed by atoms with E-state index in [4.69, 9.17) is 9.47 Å². The van der Waals surface area contributed by atoms with Crippen LogP contribution in [0.1, 0.15) is 21.3 Å². The molecule has 1 aromatic heterocycles. The zero-order valence-electron chi connectivity index (χ0n) is 12.9. The van der Waals surface area contributed by atoms with Crippen molar-refractivity contribution >= 4 is 27.3 Å². The van der Waals surface area contributed by atoms with Gasteiger partial charge in [-0.05, 0) is 11.5 Å². The van der Waals surface area contributed by atoms with Crippen molar-refractivity contribution < 1.29 is 14.3 Å². The lowest BCUT2D eigenvalue weighted by atomic mass is 10.0. The summed E-state index contributed by atoms with van der Waals surface area (Å²) in [7, 11) is 0. The molecule has 1 aromatic carbocycles. The van der Waals surface area contributed by atoms with Crippen LogP contribution in [0.2, 0.25) is 0 Å². The Kier molecular flexibility index (Phi) is 4.31. The average molecular weight is 332 g/mol. The SMILES string of the molecule is O=C(c1sc2ccccc2c1C1CNCCO1)N1CCOCC1. The van der Waals surface area contributed by atoms with Crippen LogP contribution in [0, 0.1) is 0 Å². The molecular formula is C17H20N2O3S.